The van der Waals surface area contributed by atoms with E-state index >= 15 is 0 Å². The summed E-state index contributed by atoms with van der Waals surface area (Å²) < 4.78 is 22.9. The molecule has 5 nitrogen and oxygen atoms in total. The van der Waals surface area contributed by atoms with E-state index in [9.17, 15) is 13.2 Å². The van der Waals surface area contributed by atoms with E-state index in [2.05, 4.69) is 6.92 Å². The molecule has 1 saturated heterocycles. The molecule has 1 aliphatic heterocycles. The van der Waals surface area contributed by atoms with Gasteiger partial charge in [-0.05, 0) is 37.0 Å². The molecule has 0 bridgehead atoms. The molecule has 2 rings (SSSR count). The second-order valence-corrected chi connectivity index (χ2v) is 7.27. The van der Waals surface area contributed by atoms with Crippen molar-refractivity contribution in [2.75, 3.05) is 13.1 Å². The molecule has 0 atom stereocenters. The maximum Gasteiger partial charge on any atom is 0.253 e. The minimum atomic E-state index is -3.94. The molecule has 1 fully saturated rings. The van der Waals surface area contributed by atoms with Gasteiger partial charge in [0.15, 0.2) is 0 Å². The summed E-state index contributed by atoms with van der Waals surface area (Å²) in [6.07, 6.45) is 3.09. The molecule has 1 aromatic rings. The highest BCUT2D eigenvalue weighted by Crippen LogP contribution is 2.25. The quantitative estimate of drug-likeness (QED) is 0.923. The van der Waals surface area contributed by atoms with E-state index in [1.54, 1.807) is 4.90 Å². The molecule has 116 valence electrons. The van der Waals surface area contributed by atoms with Crippen molar-refractivity contribution >= 4 is 27.5 Å². The van der Waals surface area contributed by atoms with Gasteiger partial charge in [-0.15, -0.1) is 0 Å². The summed E-state index contributed by atoms with van der Waals surface area (Å²) in [6, 6.07) is 4.19. The fourth-order valence-corrected chi connectivity index (χ4v) is 3.65. The third kappa shape index (κ3) is 3.75. The fraction of sp³-hybridized carbons (Fsp3) is 0.500. The molecular formula is C14H19ClN2O3S. The Hall–Kier alpha value is -1.11. The SMILES string of the molecule is CCC1CCN(C(=O)c2ccc(Cl)c(S(N)(=O)=O)c2)CC1. The topological polar surface area (TPSA) is 80.5 Å². The Morgan fingerprint density at radius 3 is 2.52 bits per heavy atom. The largest absolute Gasteiger partial charge is 0.339 e. The predicted octanol–water partition coefficient (Wildman–Crippen LogP) is 2.25. The fourth-order valence-electron chi connectivity index (χ4n) is 2.58. The highest BCUT2D eigenvalue weighted by Gasteiger charge is 2.24. The van der Waals surface area contributed by atoms with E-state index in [4.69, 9.17) is 16.7 Å². The summed E-state index contributed by atoms with van der Waals surface area (Å²) in [4.78, 5) is 14.0. The van der Waals surface area contributed by atoms with Crippen molar-refractivity contribution in [3.8, 4) is 0 Å². The van der Waals surface area contributed by atoms with E-state index in [-0.39, 0.29) is 15.8 Å². The number of benzene rings is 1. The molecule has 1 heterocycles. The Balaban J connectivity index is 2.21. The molecule has 0 aliphatic carbocycles. The molecule has 0 spiro atoms. The first kappa shape index (κ1) is 16.3. The van der Waals surface area contributed by atoms with Crippen LogP contribution in [0.2, 0.25) is 5.02 Å². The average molecular weight is 331 g/mol. The van der Waals surface area contributed by atoms with Gasteiger partial charge in [-0.2, -0.15) is 0 Å². The Labute approximate surface area is 130 Å². The third-order valence-corrected chi connectivity index (χ3v) is 5.36. The number of primary sulfonamides is 1. The van der Waals surface area contributed by atoms with Crippen molar-refractivity contribution in [3.05, 3.63) is 28.8 Å². The van der Waals surface area contributed by atoms with Crippen LogP contribution in [0.4, 0.5) is 0 Å². The standard InChI is InChI=1S/C14H19ClN2O3S/c1-2-10-5-7-17(8-6-10)14(18)11-3-4-12(15)13(9-11)21(16,19)20/h3-4,9-10H,2,5-8H2,1H3,(H2,16,19,20). The number of likely N-dealkylation sites (tertiary alicyclic amines) is 1. The van der Waals surface area contributed by atoms with Gasteiger partial charge in [0.2, 0.25) is 10.0 Å². The van der Waals surface area contributed by atoms with Crippen LogP contribution in [0.1, 0.15) is 36.5 Å². The van der Waals surface area contributed by atoms with Crippen LogP contribution >= 0.6 is 11.6 Å². The Bertz CT molecular complexity index is 638. The van der Waals surface area contributed by atoms with E-state index in [0.717, 1.165) is 19.3 Å². The highest BCUT2D eigenvalue weighted by molar-refractivity contribution is 7.89. The predicted molar refractivity (Wildman–Crippen MR) is 81.7 cm³/mol. The molecule has 2 N–H and O–H groups in total. The number of sulfonamides is 1. The van der Waals surface area contributed by atoms with Gasteiger partial charge in [-0.1, -0.05) is 24.9 Å². The number of halogens is 1. The summed E-state index contributed by atoms with van der Waals surface area (Å²) >= 11 is 5.83. The van der Waals surface area contributed by atoms with Crippen molar-refractivity contribution in [3.63, 3.8) is 0 Å². The van der Waals surface area contributed by atoms with Crippen molar-refractivity contribution in [1.82, 2.24) is 4.90 Å². The minimum Gasteiger partial charge on any atom is -0.339 e. The average Bonchev–Trinajstić information content (AvgIpc) is 2.46. The minimum absolute atomic E-state index is 0.0266. The second-order valence-electron chi connectivity index (χ2n) is 5.33. The first-order valence-corrected chi connectivity index (χ1v) is 8.87. The maximum atomic E-state index is 12.4. The lowest BCUT2D eigenvalue weighted by atomic mass is 9.94. The van der Waals surface area contributed by atoms with Crippen LogP contribution in [-0.4, -0.2) is 32.3 Å². The summed E-state index contributed by atoms with van der Waals surface area (Å²) in [7, 11) is -3.94. The van der Waals surface area contributed by atoms with E-state index in [0.29, 0.717) is 24.6 Å². The molecular weight excluding hydrogens is 312 g/mol. The normalized spacial score (nSPS) is 17.0. The van der Waals surface area contributed by atoms with Crippen LogP contribution in [0.25, 0.3) is 0 Å². The van der Waals surface area contributed by atoms with E-state index in [1.807, 2.05) is 0 Å². The van der Waals surface area contributed by atoms with Gasteiger partial charge < -0.3 is 4.90 Å². The number of hydrogen-bond donors (Lipinski definition) is 1. The molecule has 0 unspecified atom stereocenters. The zero-order chi connectivity index (χ0) is 15.6. The monoisotopic (exact) mass is 330 g/mol. The van der Waals surface area contributed by atoms with Gasteiger partial charge in [0.05, 0.1) is 5.02 Å². The number of rotatable bonds is 3. The lowest BCUT2D eigenvalue weighted by Crippen LogP contribution is -2.38. The molecule has 0 aromatic heterocycles. The number of nitrogens with two attached hydrogens (primary N) is 1. The highest BCUT2D eigenvalue weighted by atomic mass is 35.5. The van der Waals surface area contributed by atoms with Crippen LogP contribution in [0.5, 0.6) is 0 Å². The number of amides is 1. The van der Waals surface area contributed by atoms with Crippen molar-refractivity contribution < 1.29 is 13.2 Å². The molecule has 0 saturated carbocycles. The van der Waals surface area contributed by atoms with Crippen LogP contribution in [0.3, 0.4) is 0 Å². The molecule has 21 heavy (non-hydrogen) atoms. The van der Waals surface area contributed by atoms with Crippen molar-refractivity contribution in [1.29, 1.82) is 0 Å². The second kappa shape index (κ2) is 6.34. The van der Waals surface area contributed by atoms with Gasteiger partial charge in [0.1, 0.15) is 4.90 Å². The maximum absolute atomic E-state index is 12.4. The molecule has 7 heteroatoms. The Kier molecular flexibility index (Phi) is 4.91. The van der Waals surface area contributed by atoms with Crippen LogP contribution < -0.4 is 5.14 Å². The van der Waals surface area contributed by atoms with Gasteiger partial charge in [0.25, 0.3) is 5.91 Å². The van der Waals surface area contributed by atoms with Gasteiger partial charge in [0, 0.05) is 18.7 Å². The van der Waals surface area contributed by atoms with Gasteiger partial charge in [-0.25, -0.2) is 13.6 Å². The number of carbonyl (C=O) groups excluding carboxylic acids is 1. The summed E-state index contributed by atoms with van der Waals surface area (Å²) in [5.41, 5.74) is 0.304. The lowest BCUT2D eigenvalue weighted by Gasteiger charge is -2.31. The van der Waals surface area contributed by atoms with Crippen molar-refractivity contribution in [2.45, 2.75) is 31.1 Å². The lowest BCUT2D eigenvalue weighted by molar-refractivity contribution is 0.0688. The first-order valence-electron chi connectivity index (χ1n) is 6.94. The molecule has 1 aromatic carbocycles. The first-order chi connectivity index (χ1) is 9.82. The number of hydrogen-bond acceptors (Lipinski definition) is 3. The van der Waals surface area contributed by atoms with E-state index in [1.165, 1.54) is 18.2 Å². The number of nitrogens with zero attached hydrogens (tertiary/aromatic N) is 1. The zero-order valence-electron chi connectivity index (χ0n) is 11.9. The summed E-state index contributed by atoms with van der Waals surface area (Å²) in [5.74, 6) is 0.491. The van der Waals surface area contributed by atoms with Crippen LogP contribution in [0, 0.1) is 5.92 Å². The Morgan fingerprint density at radius 2 is 2.00 bits per heavy atom. The third-order valence-electron chi connectivity index (χ3n) is 3.96. The van der Waals surface area contributed by atoms with Crippen LogP contribution in [0.15, 0.2) is 23.1 Å². The molecule has 1 amide bonds. The van der Waals surface area contributed by atoms with Crippen molar-refractivity contribution in [2.24, 2.45) is 11.1 Å². The molecule has 1 aliphatic rings. The zero-order valence-corrected chi connectivity index (χ0v) is 13.5. The van der Waals surface area contributed by atoms with Gasteiger partial charge >= 0.3 is 0 Å². The number of piperidine rings is 1. The molecule has 0 radical (unpaired) electrons. The smallest absolute Gasteiger partial charge is 0.253 e. The summed E-state index contributed by atoms with van der Waals surface area (Å²) in [6.45, 7) is 3.55. The number of carbonyl (C=O) groups is 1. The van der Waals surface area contributed by atoms with Gasteiger partial charge in [-0.3, -0.25) is 4.79 Å². The van der Waals surface area contributed by atoms with Crippen LogP contribution in [-0.2, 0) is 10.0 Å². The van der Waals surface area contributed by atoms with E-state index < -0.39 is 10.0 Å². The summed E-state index contributed by atoms with van der Waals surface area (Å²) in [5, 5.41) is 5.13. The Morgan fingerprint density at radius 1 is 1.38 bits per heavy atom.